The normalized spacial score (nSPS) is 14.3. The molecule has 3 rings (SSSR count). The number of hydrogen-bond acceptors (Lipinski definition) is 5. The second kappa shape index (κ2) is 7.20. The van der Waals surface area contributed by atoms with Gasteiger partial charge < -0.3 is 15.1 Å². The number of rotatable bonds is 4. The van der Waals surface area contributed by atoms with E-state index < -0.39 is 11.6 Å². The van der Waals surface area contributed by atoms with Gasteiger partial charge in [0.2, 0.25) is 12.4 Å². The lowest BCUT2D eigenvalue weighted by atomic mass is 10.2. The molecule has 1 saturated heterocycles. The van der Waals surface area contributed by atoms with Crippen LogP contribution >= 0.6 is 0 Å². The molecule has 9 heteroatoms. The molecule has 2 aromatic rings. The maximum Gasteiger partial charge on any atom is 0.257 e. The van der Waals surface area contributed by atoms with Crippen LogP contribution in [-0.2, 0) is 4.79 Å². The molecule has 2 heterocycles. The van der Waals surface area contributed by atoms with Gasteiger partial charge in [-0.2, -0.15) is 0 Å². The van der Waals surface area contributed by atoms with Crippen molar-refractivity contribution >= 4 is 24.0 Å². The molecule has 2 amide bonds. The van der Waals surface area contributed by atoms with Gasteiger partial charge in [-0.05, 0) is 12.1 Å². The van der Waals surface area contributed by atoms with E-state index in [1.165, 1.54) is 18.5 Å². The first-order chi connectivity index (χ1) is 12.1. The summed E-state index contributed by atoms with van der Waals surface area (Å²) in [5, 5.41) is 2.62. The molecule has 1 aliphatic heterocycles. The molecule has 0 bridgehead atoms. The highest BCUT2D eigenvalue weighted by Gasteiger charge is 2.21. The lowest BCUT2D eigenvalue weighted by molar-refractivity contribution is -0.119. The number of nitrogens with zero attached hydrogens (tertiary/aromatic N) is 4. The van der Waals surface area contributed by atoms with Gasteiger partial charge in [-0.25, -0.2) is 18.7 Å². The Bertz CT molecular complexity index is 777. The van der Waals surface area contributed by atoms with Gasteiger partial charge >= 0.3 is 0 Å². The van der Waals surface area contributed by atoms with Gasteiger partial charge in [-0.15, -0.1) is 0 Å². The molecule has 130 valence electrons. The van der Waals surface area contributed by atoms with Crippen LogP contribution in [0.4, 0.5) is 20.4 Å². The number of benzene rings is 1. The summed E-state index contributed by atoms with van der Waals surface area (Å²) in [7, 11) is 0. The molecule has 1 aromatic heterocycles. The first-order valence-corrected chi connectivity index (χ1v) is 7.59. The average molecular weight is 347 g/mol. The molecular weight excluding hydrogens is 332 g/mol. The van der Waals surface area contributed by atoms with Crippen molar-refractivity contribution in [2.45, 2.75) is 0 Å². The number of carbonyl (C=O) groups is 2. The summed E-state index contributed by atoms with van der Waals surface area (Å²) in [6.45, 7) is 1.86. The molecular formula is C16H15F2N5O2. The number of nitrogens with one attached hydrogen (secondary N) is 1. The van der Waals surface area contributed by atoms with Crippen LogP contribution in [0, 0.1) is 11.6 Å². The third-order valence-electron chi connectivity index (χ3n) is 3.83. The maximum atomic E-state index is 13.6. The van der Waals surface area contributed by atoms with Gasteiger partial charge in [0, 0.05) is 44.6 Å². The van der Waals surface area contributed by atoms with Gasteiger partial charge in [0.15, 0.2) is 0 Å². The molecule has 0 saturated carbocycles. The van der Waals surface area contributed by atoms with Gasteiger partial charge in [0.25, 0.3) is 5.91 Å². The summed E-state index contributed by atoms with van der Waals surface area (Å²) in [6, 6.07) is 3.10. The number of halogens is 2. The zero-order chi connectivity index (χ0) is 17.8. The highest BCUT2D eigenvalue weighted by molar-refractivity contribution is 5.93. The van der Waals surface area contributed by atoms with Gasteiger partial charge in [-0.3, -0.25) is 9.59 Å². The van der Waals surface area contributed by atoms with E-state index in [1.54, 1.807) is 9.80 Å². The Kier molecular flexibility index (Phi) is 4.82. The molecule has 25 heavy (non-hydrogen) atoms. The predicted octanol–water partition coefficient (Wildman–Crippen LogP) is 1.41. The first kappa shape index (κ1) is 16.7. The second-order valence-electron chi connectivity index (χ2n) is 5.48. The Morgan fingerprint density at radius 2 is 1.80 bits per heavy atom. The monoisotopic (exact) mass is 347 g/mol. The molecule has 1 fully saturated rings. The maximum absolute atomic E-state index is 13.6. The largest absolute Gasteiger partial charge is 0.342 e. The number of carbonyl (C=O) groups excluding carboxylic acids is 2. The van der Waals surface area contributed by atoms with Crippen molar-refractivity contribution in [3.63, 3.8) is 0 Å². The van der Waals surface area contributed by atoms with Crippen molar-refractivity contribution < 1.29 is 18.4 Å². The minimum Gasteiger partial charge on any atom is -0.342 e. The summed E-state index contributed by atoms with van der Waals surface area (Å²) >= 11 is 0. The topological polar surface area (TPSA) is 78.4 Å². The zero-order valence-electron chi connectivity index (χ0n) is 13.2. The molecule has 7 nitrogen and oxygen atoms in total. The van der Waals surface area contributed by atoms with E-state index in [-0.39, 0.29) is 17.5 Å². The van der Waals surface area contributed by atoms with Crippen molar-refractivity contribution in [2.24, 2.45) is 0 Å². The molecule has 1 aromatic carbocycles. The predicted molar refractivity (Wildman–Crippen MR) is 85.2 cm³/mol. The molecule has 1 N–H and O–H groups in total. The lowest BCUT2D eigenvalue weighted by Crippen LogP contribution is -2.48. The Morgan fingerprint density at radius 1 is 1.12 bits per heavy atom. The highest BCUT2D eigenvalue weighted by atomic mass is 19.1. The number of piperazine rings is 1. The summed E-state index contributed by atoms with van der Waals surface area (Å²) in [4.78, 5) is 34.3. The van der Waals surface area contributed by atoms with E-state index in [4.69, 9.17) is 0 Å². The molecule has 0 aliphatic carbocycles. The molecule has 0 spiro atoms. The number of anilines is 2. The third kappa shape index (κ3) is 3.87. The van der Waals surface area contributed by atoms with Crippen molar-refractivity contribution in [2.75, 3.05) is 31.5 Å². The fourth-order valence-electron chi connectivity index (χ4n) is 2.43. The first-order valence-electron chi connectivity index (χ1n) is 7.59. The minimum atomic E-state index is -0.767. The van der Waals surface area contributed by atoms with E-state index in [2.05, 4.69) is 15.3 Å². The average Bonchev–Trinajstić information content (AvgIpc) is 2.64. The van der Waals surface area contributed by atoms with E-state index in [0.29, 0.717) is 31.7 Å². The summed E-state index contributed by atoms with van der Waals surface area (Å²) in [6.07, 6.45) is 3.44. The fourth-order valence-corrected chi connectivity index (χ4v) is 2.43. The summed E-state index contributed by atoms with van der Waals surface area (Å²) in [5.74, 6) is -1.59. The van der Waals surface area contributed by atoms with Crippen LogP contribution in [0.2, 0.25) is 0 Å². The van der Waals surface area contributed by atoms with Crippen LogP contribution in [0.1, 0.15) is 10.4 Å². The number of hydrogen-bond donors (Lipinski definition) is 1. The van der Waals surface area contributed by atoms with Crippen molar-refractivity contribution in [1.29, 1.82) is 0 Å². The minimum absolute atomic E-state index is 0.0328. The highest BCUT2D eigenvalue weighted by Crippen LogP contribution is 2.18. The van der Waals surface area contributed by atoms with Crippen LogP contribution < -0.4 is 5.32 Å². The van der Waals surface area contributed by atoms with Crippen LogP contribution in [0.25, 0.3) is 0 Å². The van der Waals surface area contributed by atoms with Crippen LogP contribution in [0.5, 0.6) is 0 Å². The number of aromatic nitrogens is 2. The standard InChI is InChI=1S/C16H15F2N5O2/c17-12-1-2-14(13(18)7-12)21-16-19-8-11(9-20-16)15(25)23-5-3-22(10-24)4-6-23/h1-2,7-10H,3-6H2,(H,19,20,21). The quantitative estimate of drug-likeness (QED) is 0.846. The van der Waals surface area contributed by atoms with Gasteiger partial charge in [0.05, 0.1) is 11.3 Å². The van der Waals surface area contributed by atoms with Crippen molar-refractivity contribution in [1.82, 2.24) is 19.8 Å². The zero-order valence-corrected chi connectivity index (χ0v) is 13.2. The van der Waals surface area contributed by atoms with E-state index in [9.17, 15) is 18.4 Å². The second-order valence-corrected chi connectivity index (χ2v) is 5.48. The van der Waals surface area contributed by atoms with Crippen molar-refractivity contribution in [3.05, 3.63) is 47.8 Å². The molecule has 0 atom stereocenters. The van der Waals surface area contributed by atoms with Crippen molar-refractivity contribution in [3.8, 4) is 0 Å². The molecule has 0 radical (unpaired) electrons. The lowest BCUT2D eigenvalue weighted by Gasteiger charge is -2.32. The van der Waals surface area contributed by atoms with Crippen LogP contribution in [0.3, 0.4) is 0 Å². The third-order valence-corrected chi connectivity index (χ3v) is 3.83. The van der Waals surface area contributed by atoms with E-state index in [1.807, 2.05) is 0 Å². The Balaban J connectivity index is 1.65. The Hall–Kier alpha value is -3.10. The SMILES string of the molecule is O=CN1CCN(C(=O)c2cnc(Nc3ccc(F)cc3F)nc2)CC1. The van der Waals surface area contributed by atoms with Crippen LogP contribution in [0.15, 0.2) is 30.6 Å². The Labute approximate surface area is 142 Å². The Morgan fingerprint density at radius 3 is 2.40 bits per heavy atom. The van der Waals surface area contributed by atoms with E-state index in [0.717, 1.165) is 18.5 Å². The number of amides is 2. The molecule has 1 aliphatic rings. The smallest absolute Gasteiger partial charge is 0.257 e. The van der Waals surface area contributed by atoms with E-state index >= 15 is 0 Å². The van der Waals surface area contributed by atoms with Gasteiger partial charge in [-0.1, -0.05) is 0 Å². The molecule has 0 unspecified atom stereocenters. The summed E-state index contributed by atoms with van der Waals surface area (Å²) < 4.78 is 26.5. The fraction of sp³-hybridized carbons (Fsp3) is 0.250. The summed E-state index contributed by atoms with van der Waals surface area (Å²) in [5.41, 5.74) is 0.329. The van der Waals surface area contributed by atoms with Crippen LogP contribution in [-0.4, -0.2) is 58.3 Å². The van der Waals surface area contributed by atoms with Gasteiger partial charge in [0.1, 0.15) is 11.6 Å².